The molecule has 0 atom stereocenters. The van der Waals surface area contributed by atoms with Crippen molar-refractivity contribution < 1.29 is 4.39 Å². The van der Waals surface area contributed by atoms with Gasteiger partial charge in [0, 0.05) is 19.6 Å². The van der Waals surface area contributed by atoms with Crippen molar-refractivity contribution in [2.75, 3.05) is 13.1 Å². The van der Waals surface area contributed by atoms with E-state index in [9.17, 15) is 4.39 Å². The Labute approximate surface area is 101 Å². The van der Waals surface area contributed by atoms with Crippen molar-refractivity contribution in [2.45, 2.75) is 25.8 Å². The van der Waals surface area contributed by atoms with Gasteiger partial charge in [0.05, 0.1) is 5.56 Å². The average molecular weight is 233 g/mol. The lowest BCUT2D eigenvalue weighted by Crippen LogP contribution is -2.41. The van der Waals surface area contributed by atoms with Gasteiger partial charge in [0.25, 0.3) is 0 Å². The number of hydrogen-bond acceptors (Lipinski definition) is 3. The summed E-state index contributed by atoms with van der Waals surface area (Å²) in [5.74, 6) is -0.450. The third-order valence-electron chi connectivity index (χ3n) is 3.01. The van der Waals surface area contributed by atoms with E-state index in [1.54, 1.807) is 12.1 Å². The van der Waals surface area contributed by atoms with Gasteiger partial charge in [-0.05, 0) is 30.5 Å². The summed E-state index contributed by atoms with van der Waals surface area (Å²) in [7, 11) is 0. The fourth-order valence-electron chi connectivity index (χ4n) is 2.02. The van der Waals surface area contributed by atoms with Crippen molar-refractivity contribution in [1.29, 1.82) is 5.26 Å². The highest BCUT2D eigenvalue weighted by Gasteiger charge is 2.09. The van der Waals surface area contributed by atoms with Crippen LogP contribution in [0.15, 0.2) is 18.2 Å². The smallest absolute Gasteiger partial charge is 0.140 e. The van der Waals surface area contributed by atoms with E-state index in [2.05, 4.69) is 10.4 Å². The SMILES string of the molecule is N#Cc1cc(CNN2CCCCC2)ccc1F. The summed E-state index contributed by atoms with van der Waals surface area (Å²) >= 11 is 0. The highest BCUT2D eigenvalue weighted by atomic mass is 19.1. The number of rotatable bonds is 3. The van der Waals surface area contributed by atoms with Crippen LogP contribution in [-0.4, -0.2) is 18.1 Å². The first-order valence-electron chi connectivity index (χ1n) is 5.96. The first-order valence-corrected chi connectivity index (χ1v) is 5.96. The van der Waals surface area contributed by atoms with Crippen LogP contribution in [0.25, 0.3) is 0 Å². The van der Waals surface area contributed by atoms with Crippen molar-refractivity contribution in [2.24, 2.45) is 0 Å². The van der Waals surface area contributed by atoms with E-state index in [4.69, 9.17) is 5.26 Å². The summed E-state index contributed by atoms with van der Waals surface area (Å²) < 4.78 is 13.1. The maximum atomic E-state index is 13.1. The molecule has 0 amide bonds. The number of piperidine rings is 1. The van der Waals surface area contributed by atoms with Gasteiger partial charge in [0.2, 0.25) is 0 Å². The second-order valence-electron chi connectivity index (χ2n) is 4.31. The molecule has 0 aliphatic carbocycles. The number of hydrazine groups is 1. The van der Waals surface area contributed by atoms with Crippen molar-refractivity contribution in [1.82, 2.24) is 10.4 Å². The molecule has 0 spiro atoms. The van der Waals surface area contributed by atoms with E-state index < -0.39 is 5.82 Å². The minimum Gasteiger partial charge on any atom is -0.251 e. The molecular weight excluding hydrogens is 217 g/mol. The molecule has 2 rings (SSSR count). The van der Waals surface area contributed by atoms with E-state index in [1.807, 2.05) is 6.07 Å². The average Bonchev–Trinajstić information content (AvgIpc) is 2.39. The Morgan fingerprint density at radius 3 is 2.76 bits per heavy atom. The highest BCUT2D eigenvalue weighted by Crippen LogP contribution is 2.10. The lowest BCUT2D eigenvalue weighted by Gasteiger charge is -2.27. The summed E-state index contributed by atoms with van der Waals surface area (Å²) in [5.41, 5.74) is 4.36. The fraction of sp³-hybridized carbons (Fsp3) is 0.462. The van der Waals surface area contributed by atoms with Gasteiger partial charge < -0.3 is 0 Å². The molecule has 1 aromatic rings. The van der Waals surface area contributed by atoms with E-state index in [0.29, 0.717) is 6.54 Å². The first kappa shape index (κ1) is 12.0. The molecule has 1 aliphatic rings. The fourth-order valence-corrected chi connectivity index (χ4v) is 2.02. The maximum Gasteiger partial charge on any atom is 0.140 e. The number of halogens is 1. The topological polar surface area (TPSA) is 39.1 Å². The molecule has 1 fully saturated rings. The number of nitriles is 1. The van der Waals surface area contributed by atoms with Crippen LogP contribution in [0.3, 0.4) is 0 Å². The molecule has 0 bridgehead atoms. The second kappa shape index (κ2) is 5.76. The monoisotopic (exact) mass is 233 g/mol. The Kier molecular flexibility index (Phi) is 4.08. The number of benzene rings is 1. The summed E-state index contributed by atoms with van der Waals surface area (Å²) in [5, 5.41) is 10.9. The molecule has 0 radical (unpaired) electrons. The molecule has 3 nitrogen and oxygen atoms in total. The molecule has 4 heteroatoms. The van der Waals surface area contributed by atoms with Crippen molar-refractivity contribution in [3.8, 4) is 6.07 Å². The van der Waals surface area contributed by atoms with Gasteiger partial charge in [0.1, 0.15) is 11.9 Å². The van der Waals surface area contributed by atoms with Gasteiger partial charge in [-0.15, -0.1) is 0 Å². The molecule has 17 heavy (non-hydrogen) atoms. The van der Waals surface area contributed by atoms with Crippen molar-refractivity contribution in [3.63, 3.8) is 0 Å². The molecular formula is C13H16FN3. The summed E-state index contributed by atoms with van der Waals surface area (Å²) in [6.45, 7) is 2.77. The van der Waals surface area contributed by atoms with Crippen LogP contribution in [-0.2, 0) is 6.54 Å². The number of nitrogens with one attached hydrogen (secondary N) is 1. The number of hydrogen-bond donors (Lipinski definition) is 1. The van der Waals surface area contributed by atoms with Crippen molar-refractivity contribution >= 4 is 0 Å². The second-order valence-corrected chi connectivity index (χ2v) is 4.31. The molecule has 0 aromatic heterocycles. The van der Waals surface area contributed by atoms with Gasteiger partial charge in [0.15, 0.2) is 0 Å². The third kappa shape index (κ3) is 3.26. The molecule has 1 saturated heterocycles. The highest BCUT2D eigenvalue weighted by molar-refractivity contribution is 5.34. The number of nitrogens with zero attached hydrogens (tertiary/aromatic N) is 2. The predicted octanol–water partition coefficient (Wildman–Crippen LogP) is 2.19. The zero-order valence-electron chi connectivity index (χ0n) is 9.75. The quantitative estimate of drug-likeness (QED) is 0.869. The minimum absolute atomic E-state index is 0.114. The lowest BCUT2D eigenvalue weighted by atomic mass is 10.1. The van der Waals surface area contributed by atoms with Gasteiger partial charge in [-0.25, -0.2) is 9.40 Å². The van der Waals surface area contributed by atoms with Crippen LogP contribution in [0.4, 0.5) is 4.39 Å². The van der Waals surface area contributed by atoms with Gasteiger partial charge in [-0.3, -0.25) is 5.43 Å². The van der Waals surface area contributed by atoms with Crippen LogP contribution < -0.4 is 5.43 Å². The zero-order chi connectivity index (χ0) is 12.1. The van der Waals surface area contributed by atoms with Gasteiger partial charge >= 0.3 is 0 Å². The molecule has 0 saturated carbocycles. The van der Waals surface area contributed by atoms with Crippen LogP contribution >= 0.6 is 0 Å². The van der Waals surface area contributed by atoms with E-state index in [0.717, 1.165) is 18.7 Å². The molecule has 1 heterocycles. The van der Waals surface area contributed by atoms with Crippen LogP contribution in [0, 0.1) is 17.1 Å². The van der Waals surface area contributed by atoms with E-state index >= 15 is 0 Å². The van der Waals surface area contributed by atoms with E-state index in [-0.39, 0.29) is 5.56 Å². The van der Waals surface area contributed by atoms with Crippen molar-refractivity contribution in [3.05, 3.63) is 35.1 Å². The molecule has 1 aliphatic heterocycles. The molecule has 1 N–H and O–H groups in total. The summed E-state index contributed by atoms with van der Waals surface area (Å²) in [6.07, 6.45) is 3.74. The Balaban J connectivity index is 1.92. The first-order chi connectivity index (χ1) is 8.29. The molecule has 1 aromatic carbocycles. The Morgan fingerprint density at radius 1 is 1.29 bits per heavy atom. The normalized spacial score (nSPS) is 16.7. The van der Waals surface area contributed by atoms with Crippen LogP contribution in [0.2, 0.25) is 0 Å². The van der Waals surface area contributed by atoms with E-state index in [1.165, 1.54) is 25.3 Å². The Hall–Kier alpha value is -1.44. The summed E-state index contributed by atoms with van der Waals surface area (Å²) in [6, 6.07) is 6.53. The van der Waals surface area contributed by atoms with Crippen LogP contribution in [0.1, 0.15) is 30.4 Å². The summed E-state index contributed by atoms with van der Waals surface area (Å²) in [4.78, 5) is 0. The van der Waals surface area contributed by atoms with Crippen LogP contribution in [0.5, 0.6) is 0 Å². The largest absolute Gasteiger partial charge is 0.251 e. The minimum atomic E-state index is -0.450. The van der Waals surface area contributed by atoms with Gasteiger partial charge in [-0.1, -0.05) is 12.5 Å². The Morgan fingerprint density at radius 2 is 2.06 bits per heavy atom. The predicted molar refractivity (Wildman–Crippen MR) is 63.4 cm³/mol. The Bertz CT molecular complexity index is 419. The maximum absolute atomic E-state index is 13.1. The third-order valence-corrected chi connectivity index (χ3v) is 3.01. The van der Waals surface area contributed by atoms with Gasteiger partial charge in [-0.2, -0.15) is 5.26 Å². The molecule has 0 unspecified atom stereocenters. The lowest BCUT2D eigenvalue weighted by molar-refractivity contribution is 0.151. The zero-order valence-corrected chi connectivity index (χ0v) is 9.75. The molecule has 90 valence electrons. The standard InChI is InChI=1S/C13H16FN3/c14-13-5-4-11(8-12(13)9-15)10-16-17-6-2-1-3-7-17/h4-5,8,16H,1-3,6-7,10H2.